The van der Waals surface area contributed by atoms with E-state index < -0.39 is 22.0 Å². The van der Waals surface area contributed by atoms with Crippen LogP contribution in [0.5, 0.6) is 5.75 Å². The molecule has 0 radical (unpaired) electrons. The molecule has 0 aromatic heterocycles. The Morgan fingerprint density at radius 3 is 2.38 bits per heavy atom. The summed E-state index contributed by atoms with van der Waals surface area (Å²) in [7, 11) is -4.04. The monoisotopic (exact) mass is 412 g/mol. The molecule has 0 heterocycles. The number of hydrogen-bond acceptors (Lipinski definition) is 5. The van der Waals surface area contributed by atoms with Crippen molar-refractivity contribution in [2.45, 2.75) is 24.8 Å². The van der Waals surface area contributed by atoms with Gasteiger partial charge in [-0.2, -0.15) is 0 Å². The second-order valence-corrected chi connectivity index (χ2v) is 8.13. The van der Waals surface area contributed by atoms with Crippen LogP contribution in [0.2, 0.25) is 0 Å². The van der Waals surface area contributed by atoms with Crippen molar-refractivity contribution in [3.63, 3.8) is 0 Å². The molecule has 0 bridgehead atoms. The molecule has 1 atom stereocenters. The number of carbonyl (C=O) groups is 2. The Morgan fingerprint density at radius 1 is 0.931 bits per heavy atom. The Kier molecular flexibility index (Phi) is 5.95. The van der Waals surface area contributed by atoms with E-state index in [1.165, 1.54) is 38.1 Å². The number of hydrogen-bond donors (Lipinski definition) is 2. The minimum absolute atomic E-state index is 0.131. The summed E-state index contributed by atoms with van der Waals surface area (Å²) in [5, 5.41) is 2.00. The van der Waals surface area contributed by atoms with Crippen LogP contribution < -0.4 is 15.0 Å². The average molecular weight is 412 g/mol. The Balaban J connectivity index is 1.64. The highest BCUT2D eigenvalue weighted by molar-refractivity contribution is 7.89. The Hall–Kier alpha value is -3.23. The molecule has 29 heavy (non-hydrogen) atoms. The van der Waals surface area contributed by atoms with Crippen LogP contribution in [0.15, 0.2) is 71.6 Å². The van der Waals surface area contributed by atoms with Crippen LogP contribution >= 0.6 is 0 Å². The number of benzene rings is 3. The maximum Gasteiger partial charge on any atom is 0.275 e. The van der Waals surface area contributed by atoms with Crippen molar-refractivity contribution in [1.29, 1.82) is 0 Å². The lowest BCUT2D eigenvalue weighted by Gasteiger charge is -2.16. The molecule has 150 valence electrons. The molecule has 3 aromatic carbocycles. The van der Waals surface area contributed by atoms with E-state index in [1.54, 1.807) is 12.1 Å². The van der Waals surface area contributed by atoms with Crippen LogP contribution in [0, 0.1) is 0 Å². The zero-order valence-electron chi connectivity index (χ0n) is 15.9. The number of rotatable bonds is 7. The number of fused-ring (bicyclic) bond motifs is 1. The van der Waals surface area contributed by atoms with Crippen LogP contribution in [0.4, 0.5) is 0 Å². The summed E-state index contributed by atoms with van der Waals surface area (Å²) in [6, 6.07) is 18.7. The highest BCUT2D eigenvalue weighted by atomic mass is 32.2. The van der Waals surface area contributed by atoms with Gasteiger partial charge in [-0.15, -0.1) is 4.83 Å². The topological polar surface area (TPSA) is 102 Å². The molecule has 0 saturated heterocycles. The summed E-state index contributed by atoms with van der Waals surface area (Å²) < 4.78 is 30.3. The maximum absolute atomic E-state index is 12.4. The largest absolute Gasteiger partial charge is 0.481 e. The summed E-state index contributed by atoms with van der Waals surface area (Å²) in [5.74, 6) is -0.434. The number of amides is 1. The van der Waals surface area contributed by atoms with Crippen molar-refractivity contribution < 1.29 is 22.7 Å². The molecule has 0 fully saturated rings. The van der Waals surface area contributed by atoms with Crippen LogP contribution in [-0.4, -0.2) is 26.2 Å². The summed E-state index contributed by atoms with van der Waals surface area (Å²) in [6.45, 7) is 2.85. The summed E-state index contributed by atoms with van der Waals surface area (Å²) in [4.78, 5) is 25.6. The van der Waals surface area contributed by atoms with Gasteiger partial charge in [-0.1, -0.05) is 42.5 Å². The van der Waals surface area contributed by atoms with Gasteiger partial charge in [0.15, 0.2) is 11.9 Å². The van der Waals surface area contributed by atoms with E-state index in [4.69, 9.17) is 4.74 Å². The predicted molar refractivity (Wildman–Crippen MR) is 109 cm³/mol. The SMILES string of the molecule is CC(=O)c1cccc(S(=O)(=O)NNC(=O)[C@@H](C)Oc2ccc3ccccc3c2)c1. The third-order valence-corrected chi connectivity index (χ3v) is 5.51. The van der Waals surface area contributed by atoms with Crippen LogP contribution in [0.1, 0.15) is 24.2 Å². The minimum atomic E-state index is -4.04. The average Bonchev–Trinajstić information content (AvgIpc) is 2.72. The fourth-order valence-electron chi connectivity index (χ4n) is 2.66. The van der Waals surface area contributed by atoms with Gasteiger partial charge >= 0.3 is 0 Å². The normalized spacial score (nSPS) is 12.3. The van der Waals surface area contributed by atoms with Crippen molar-refractivity contribution in [2.75, 3.05) is 0 Å². The highest BCUT2D eigenvalue weighted by Crippen LogP contribution is 2.21. The van der Waals surface area contributed by atoms with Crippen molar-refractivity contribution in [3.05, 3.63) is 72.3 Å². The molecule has 1 amide bonds. The summed E-state index contributed by atoms with van der Waals surface area (Å²) in [6.07, 6.45) is -0.942. The number of hydrazine groups is 1. The van der Waals surface area contributed by atoms with Crippen molar-refractivity contribution in [2.24, 2.45) is 0 Å². The molecule has 3 aromatic rings. The van der Waals surface area contributed by atoms with Gasteiger partial charge in [0.2, 0.25) is 0 Å². The Bertz CT molecular complexity index is 1170. The first-order valence-electron chi connectivity index (χ1n) is 8.84. The maximum atomic E-state index is 12.4. The number of nitrogens with one attached hydrogen (secondary N) is 2. The van der Waals surface area contributed by atoms with Gasteiger partial charge in [0, 0.05) is 5.56 Å². The van der Waals surface area contributed by atoms with Gasteiger partial charge in [0.05, 0.1) is 4.90 Å². The standard InChI is InChI=1S/C21H20N2O5S/c1-14(24)17-8-5-9-20(13-17)29(26,27)23-22-21(25)15(2)28-19-11-10-16-6-3-4-7-18(16)12-19/h3-13,15,23H,1-2H3,(H,22,25)/t15-/m1/s1. The molecule has 0 aliphatic rings. The molecule has 7 nitrogen and oxygen atoms in total. The Morgan fingerprint density at radius 2 is 1.66 bits per heavy atom. The van der Waals surface area contributed by atoms with Crippen LogP contribution in [0.3, 0.4) is 0 Å². The number of carbonyl (C=O) groups excluding carboxylic acids is 2. The molecule has 2 N–H and O–H groups in total. The van der Waals surface area contributed by atoms with E-state index in [0.29, 0.717) is 5.75 Å². The number of ketones is 1. The fraction of sp³-hybridized carbons (Fsp3) is 0.143. The second-order valence-electron chi connectivity index (χ2n) is 6.45. The zero-order chi connectivity index (χ0) is 21.0. The summed E-state index contributed by atoms with van der Waals surface area (Å²) >= 11 is 0. The van der Waals surface area contributed by atoms with E-state index in [1.807, 2.05) is 35.2 Å². The van der Waals surface area contributed by atoms with Gasteiger partial charge in [-0.05, 0) is 48.9 Å². The van der Waals surface area contributed by atoms with E-state index >= 15 is 0 Å². The van der Waals surface area contributed by atoms with E-state index in [2.05, 4.69) is 5.43 Å². The first-order chi connectivity index (χ1) is 13.8. The minimum Gasteiger partial charge on any atom is -0.481 e. The van der Waals surface area contributed by atoms with Crippen molar-refractivity contribution in [1.82, 2.24) is 10.3 Å². The van der Waals surface area contributed by atoms with E-state index in [9.17, 15) is 18.0 Å². The zero-order valence-corrected chi connectivity index (χ0v) is 16.7. The molecule has 0 aliphatic carbocycles. The molecule has 0 saturated carbocycles. The first-order valence-corrected chi connectivity index (χ1v) is 10.3. The van der Waals surface area contributed by atoms with Gasteiger partial charge in [0.25, 0.3) is 15.9 Å². The molecule has 8 heteroatoms. The number of Topliss-reactive ketones (excluding diaryl/α,β-unsaturated/α-hetero) is 1. The number of ether oxygens (including phenoxy) is 1. The number of sulfonamides is 1. The second kappa shape index (κ2) is 8.42. The lowest BCUT2D eigenvalue weighted by atomic mass is 10.1. The molecule has 0 aliphatic heterocycles. The molecular weight excluding hydrogens is 392 g/mol. The third kappa shape index (κ3) is 4.98. The highest BCUT2D eigenvalue weighted by Gasteiger charge is 2.20. The van der Waals surface area contributed by atoms with E-state index in [0.717, 1.165) is 10.8 Å². The Labute approximate surface area is 168 Å². The molecule has 0 unspecified atom stereocenters. The van der Waals surface area contributed by atoms with Gasteiger partial charge in [0.1, 0.15) is 5.75 Å². The first kappa shape index (κ1) is 20.5. The third-order valence-electron chi connectivity index (χ3n) is 4.26. The fourth-order valence-corrected chi connectivity index (χ4v) is 3.55. The van der Waals surface area contributed by atoms with Crippen LogP contribution in [-0.2, 0) is 14.8 Å². The molecular formula is C21H20N2O5S. The van der Waals surface area contributed by atoms with Crippen molar-refractivity contribution >= 4 is 32.5 Å². The molecule has 3 rings (SSSR count). The predicted octanol–water partition coefficient (Wildman–Crippen LogP) is 2.82. The smallest absolute Gasteiger partial charge is 0.275 e. The van der Waals surface area contributed by atoms with Crippen molar-refractivity contribution in [3.8, 4) is 5.75 Å². The quantitative estimate of drug-likeness (QED) is 0.459. The van der Waals surface area contributed by atoms with Gasteiger partial charge in [-0.25, -0.2) is 8.42 Å². The van der Waals surface area contributed by atoms with E-state index in [-0.39, 0.29) is 16.2 Å². The lowest BCUT2D eigenvalue weighted by Crippen LogP contribution is -2.47. The lowest BCUT2D eigenvalue weighted by molar-refractivity contribution is -0.127. The molecule has 0 spiro atoms. The van der Waals surface area contributed by atoms with Gasteiger partial charge in [-0.3, -0.25) is 15.0 Å². The summed E-state index contributed by atoms with van der Waals surface area (Å²) in [5.41, 5.74) is 2.40. The van der Waals surface area contributed by atoms with Gasteiger partial charge < -0.3 is 4.74 Å². The van der Waals surface area contributed by atoms with Crippen LogP contribution in [0.25, 0.3) is 10.8 Å².